The van der Waals surface area contributed by atoms with Crippen molar-refractivity contribution in [2.24, 2.45) is 11.8 Å². The zero-order chi connectivity index (χ0) is 13.9. The van der Waals surface area contributed by atoms with E-state index in [-0.39, 0.29) is 12.8 Å². The Labute approximate surface area is 103 Å². The van der Waals surface area contributed by atoms with Crippen molar-refractivity contribution in [2.45, 2.75) is 44.8 Å². The van der Waals surface area contributed by atoms with Gasteiger partial charge in [0, 0.05) is 6.04 Å². The van der Waals surface area contributed by atoms with E-state index in [1.165, 1.54) is 6.92 Å². The van der Waals surface area contributed by atoms with Gasteiger partial charge in [-0.15, -0.1) is 0 Å². The number of halogens is 3. The number of carbonyl (C=O) groups excluding carboxylic acids is 1. The number of hydrogen-bond donors (Lipinski definition) is 2. The van der Waals surface area contributed by atoms with E-state index in [9.17, 15) is 22.8 Å². The van der Waals surface area contributed by atoms with Crippen LogP contribution in [0.25, 0.3) is 0 Å². The second-order valence-corrected chi connectivity index (χ2v) is 4.67. The summed E-state index contributed by atoms with van der Waals surface area (Å²) < 4.78 is 37.6. The molecule has 3 atom stereocenters. The van der Waals surface area contributed by atoms with Crippen LogP contribution >= 0.6 is 0 Å². The van der Waals surface area contributed by atoms with Crippen molar-refractivity contribution in [1.29, 1.82) is 0 Å². The lowest BCUT2D eigenvalue weighted by Crippen LogP contribution is -2.44. The Bertz CT molecular complexity index is 330. The molecule has 104 valence electrons. The minimum atomic E-state index is -4.25. The van der Waals surface area contributed by atoms with Crippen molar-refractivity contribution >= 4 is 11.9 Å². The van der Waals surface area contributed by atoms with Gasteiger partial charge in [-0.2, -0.15) is 13.2 Å². The predicted octanol–water partition coefficient (Wildman–Crippen LogP) is 1.94. The van der Waals surface area contributed by atoms with Crippen LogP contribution in [0.4, 0.5) is 13.2 Å². The zero-order valence-corrected chi connectivity index (χ0v) is 9.96. The van der Waals surface area contributed by atoms with Gasteiger partial charge in [0.25, 0.3) is 0 Å². The van der Waals surface area contributed by atoms with Gasteiger partial charge in [-0.3, -0.25) is 9.59 Å². The fourth-order valence-electron chi connectivity index (χ4n) is 2.06. The average Bonchev–Trinajstić information content (AvgIpc) is 2.27. The number of hydrogen-bond acceptors (Lipinski definition) is 2. The lowest BCUT2D eigenvalue weighted by Gasteiger charge is -2.31. The highest BCUT2D eigenvalue weighted by Gasteiger charge is 2.42. The van der Waals surface area contributed by atoms with E-state index in [1.54, 1.807) is 0 Å². The first-order valence-electron chi connectivity index (χ1n) is 5.81. The molecule has 0 aromatic heterocycles. The molecule has 4 nitrogen and oxygen atoms in total. The summed E-state index contributed by atoms with van der Waals surface area (Å²) in [5.74, 6) is -4.65. The lowest BCUT2D eigenvalue weighted by molar-refractivity contribution is -0.184. The molecule has 0 spiro atoms. The smallest absolute Gasteiger partial charge is 0.391 e. The van der Waals surface area contributed by atoms with Crippen LogP contribution in [0.1, 0.15) is 32.6 Å². The summed E-state index contributed by atoms with van der Waals surface area (Å²) in [7, 11) is 0. The molecule has 1 amide bonds. The van der Waals surface area contributed by atoms with Crippen LogP contribution < -0.4 is 5.32 Å². The van der Waals surface area contributed by atoms with Gasteiger partial charge in [-0.1, -0.05) is 6.42 Å². The van der Waals surface area contributed by atoms with E-state index in [4.69, 9.17) is 5.11 Å². The molecule has 1 fully saturated rings. The molecule has 7 heteroatoms. The zero-order valence-electron chi connectivity index (χ0n) is 9.96. The van der Waals surface area contributed by atoms with Crippen molar-refractivity contribution in [3.63, 3.8) is 0 Å². The van der Waals surface area contributed by atoms with Crippen LogP contribution in [0, 0.1) is 11.8 Å². The molecule has 0 saturated heterocycles. The molecule has 2 N–H and O–H groups in total. The van der Waals surface area contributed by atoms with Gasteiger partial charge < -0.3 is 10.4 Å². The van der Waals surface area contributed by atoms with Crippen molar-refractivity contribution in [3.05, 3.63) is 0 Å². The first-order chi connectivity index (χ1) is 8.21. The van der Waals surface area contributed by atoms with Crippen molar-refractivity contribution < 1.29 is 27.9 Å². The molecule has 0 aromatic carbocycles. The van der Waals surface area contributed by atoms with Gasteiger partial charge in [-0.05, 0) is 26.2 Å². The van der Waals surface area contributed by atoms with Crippen LogP contribution in [0.5, 0.6) is 0 Å². The molecular formula is C11H16F3NO3. The van der Waals surface area contributed by atoms with Crippen molar-refractivity contribution in [3.8, 4) is 0 Å². The Morgan fingerprint density at radius 2 is 1.94 bits per heavy atom. The Balaban J connectivity index is 2.53. The maximum absolute atomic E-state index is 12.5. The second kappa shape index (κ2) is 5.58. The van der Waals surface area contributed by atoms with Crippen LogP contribution in [0.3, 0.4) is 0 Å². The molecule has 1 aliphatic carbocycles. The molecular weight excluding hydrogens is 251 g/mol. The number of rotatable bonds is 3. The third kappa shape index (κ3) is 3.89. The Hall–Kier alpha value is -1.27. The maximum atomic E-state index is 12.5. The molecule has 0 bridgehead atoms. The van der Waals surface area contributed by atoms with E-state index in [2.05, 4.69) is 5.32 Å². The van der Waals surface area contributed by atoms with E-state index in [0.717, 1.165) is 0 Å². The molecule has 0 radical (unpaired) electrons. The highest BCUT2D eigenvalue weighted by atomic mass is 19.4. The fourth-order valence-corrected chi connectivity index (χ4v) is 2.06. The van der Waals surface area contributed by atoms with Crippen molar-refractivity contribution in [1.82, 2.24) is 5.32 Å². The normalized spacial score (nSPS) is 26.4. The quantitative estimate of drug-likeness (QED) is 0.768. The first kappa shape index (κ1) is 14.8. The Morgan fingerprint density at radius 1 is 1.33 bits per heavy atom. The number of carbonyl (C=O) groups is 2. The summed E-state index contributed by atoms with van der Waals surface area (Å²) in [4.78, 5) is 22.0. The van der Waals surface area contributed by atoms with Gasteiger partial charge in [0.2, 0.25) is 5.91 Å². The number of nitrogens with one attached hydrogen (secondary N) is 1. The topological polar surface area (TPSA) is 66.4 Å². The molecule has 0 aliphatic heterocycles. The van der Waals surface area contributed by atoms with Gasteiger partial charge in [0.05, 0.1) is 5.92 Å². The molecule has 1 aliphatic rings. The number of amides is 1. The summed E-state index contributed by atoms with van der Waals surface area (Å²) in [5, 5.41) is 11.0. The van der Waals surface area contributed by atoms with E-state index >= 15 is 0 Å². The highest BCUT2D eigenvalue weighted by Crippen LogP contribution is 2.37. The number of aliphatic carboxylic acids is 1. The number of alkyl halides is 3. The van der Waals surface area contributed by atoms with Gasteiger partial charge in [-0.25, -0.2) is 0 Å². The van der Waals surface area contributed by atoms with Crippen molar-refractivity contribution in [2.75, 3.05) is 0 Å². The summed E-state index contributed by atoms with van der Waals surface area (Å²) in [6.07, 6.45) is -3.49. The minimum Gasteiger partial charge on any atom is -0.481 e. The van der Waals surface area contributed by atoms with Crippen LogP contribution in [-0.2, 0) is 9.59 Å². The summed E-state index contributed by atoms with van der Waals surface area (Å²) in [5.41, 5.74) is 0. The van der Waals surface area contributed by atoms with E-state index in [1.807, 2.05) is 0 Å². The molecule has 1 rings (SSSR count). The standard InChI is InChI=1S/C11H16F3NO3/c1-6(10(17)18)9(16)15-8-4-2-3-7(5-8)11(12,13)14/h6-8H,2-5H2,1H3,(H,15,16)(H,17,18). The third-order valence-corrected chi connectivity index (χ3v) is 3.25. The lowest BCUT2D eigenvalue weighted by atomic mass is 9.85. The number of carboxylic acid groups (broad SMARTS) is 1. The molecule has 0 heterocycles. The Kier molecular flexibility index (Phi) is 4.59. The largest absolute Gasteiger partial charge is 0.481 e. The number of carboxylic acids is 1. The second-order valence-electron chi connectivity index (χ2n) is 4.67. The van der Waals surface area contributed by atoms with Crippen LogP contribution in [-0.4, -0.2) is 29.2 Å². The summed E-state index contributed by atoms with van der Waals surface area (Å²) >= 11 is 0. The molecule has 18 heavy (non-hydrogen) atoms. The van der Waals surface area contributed by atoms with Gasteiger partial charge in [0.1, 0.15) is 5.92 Å². The molecule has 0 aromatic rings. The third-order valence-electron chi connectivity index (χ3n) is 3.25. The first-order valence-corrected chi connectivity index (χ1v) is 5.81. The van der Waals surface area contributed by atoms with E-state index < -0.39 is 35.9 Å². The van der Waals surface area contributed by atoms with E-state index in [0.29, 0.717) is 12.8 Å². The van der Waals surface area contributed by atoms with Crippen LogP contribution in [0.15, 0.2) is 0 Å². The summed E-state index contributed by atoms with van der Waals surface area (Å²) in [6.45, 7) is 1.21. The molecule has 3 unspecified atom stereocenters. The fraction of sp³-hybridized carbons (Fsp3) is 0.818. The molecule has 1 saturated carbocycles. The van der Waals surface area contributed by atoms with Gasteiger partial charge >= 0.3 is 12.1 Å². The summed E-state index contributed by atoms with van der Waals surface area (Å²) in [6, 6.07) is -0.584. The predicted molar refractivity (Wildman–Crippen MR) is 56.7 cm³/mol. The maximum Gasteiger partial charge on any atom is 0.391 e. The highest BCUT2D eigenvalue weighted by molar-refractivity contribution is 5.96. The SMILES string of the molecule is CC(C(=O)O)C(=O)NC1CCCC(C(F)(F)F)C1. The monoisotopic (exact) mass is 267 g/mol. The Morgan fingerprint density at radius 3 is 2.44 bits per heavy atom. The van der Waals surface area contributed by atoms with Crippen LogP contribution in [0.2, 0.25) is 0 Å². The van der Waals surface area contributed by atoms with Gasteiger partial charge in [0.15, 0.2) is 0 Å². The minimum absolute atomic E-state index is 0.0738. The average molecular weight is 267 g/mol.